The Labute approximate surface area is 501 Å². The minimum Gasteiger partial charge on any atom is -0.497 e. The SMILES string of the molecule is CC[C@H](C)[C@H]1C(=O)NCC(=O)N(C)[C@@H](C(C)C)C(=O)N[C@@H](Cc2ccc(OC)cc2)C(=O)N[C@H](C)C(=O)N[C@@H](C)C(=O)N2CCCC[C@H]2C(=O)N(C)[C@@H](C(C)C)C(=O)N[C@@H](C(C)C)C(=O)N(C)[C@@H](CC(=O)O)C(=O)N(C)[C@@H]([C@@H](C)CC)C(=O)N1C. The highest BCUT2D eigenvalue weighted by atomic mass is 16.5. The molecular formula is C60H97N11O14. The molecule has 3 rings (SSSR count). The predicted molar refractivity (Wildman–Crippen MR) is 317 cm³/mol. The van der Waals surface area contributed by atoms with E-state index < -0.39 is 174 Å². The minimum atomic E-state index is -1.71. The van der Waals surface area contributed by atoms with Crippen LogP contribution in [-0.4, -0.2) is 221 Å². The average molecular weight is 1200 g/mol. The lowest BCUT2D eigenvalue weighted by Gasteiger charge is -2.41. The fourth-order valence-electron chi connectivity index (χ4n) is 11.2. The van der Waals surface area contributed by atoms with E-state index in [9.17, 15) is 62.6 Å². The zero-order valence-electron chi connectivity index (χ0n) is 53.3. The molecule has 0 radical (unpaired) electrons. The van der Waals surface area contributed by atoms with Crippen molar-refractivity contribution in [1.29, 1.82) is 0 Å². The van der Waals surface area contributed by atoms with Crippen molar-refractivity contribution in [1.82, 2.24) is 56.0 Å². The molecule has 1 aromatic rings. The summed E-state index contributed by atoms with van der Waals surface area (Å²) in [5, 5.41) is 23.7. The summed E-state index contributed by atoms with van der Waals surface area (Å²) in [6, 6.07) is -6.21. The van der Waals surface area contributed by atoms with Crippen molar-refractivity contribution in [3.8, 4) is 5.75 Å². The number of piperidine rings is 1. The number of likely N-dealkylation sites (N-methyl/N-ethyl adjacent to an activating group) is 5. The maximum Gasteiger partial charge on any atom is 0.305 e. The highest BCUT2D eigenvalue weighted by Gasteiger charge is 2.46. The van der Waals surface area contributed by atoms with Gasteiger partial charge in [0.05, 0.1) is 20.1 Å². The molecule has 0 saturated carbocycles. The number of nitrogens with one attached hydrogen (secondary N) is 5. The van der Waals surface area contributed by atoms with Crippen LogP contribution in [0.1, 0.15) is 127 Å². The van der Waals surface area contributed by atoms with Gasteiger partial charge in [0.1, 0.15) is 66.2 Å². The number of carbonyl (C=O) groups is 12. The second-order valence-electron chi connectivity index (χ2n) is 24.0. The van der Waals surface area contributed by atoms with E-state index in [2.05, 4.69) is 26.6 Å². The van der Waals surface area contributed by atoms with Gasteiger partial charge in [0.25, 0.3) is 0 Å². The lowest BCUT2D eigenvalue weighted by Crippen LogP contribution is -2.63. The number of hydrogen-bond donors (Lipinski definition) is 6. The number of fused-ring (bicyclic) bond motifs is 1. The highest BCUT2D eigenvalue weighted by Crippen LogP contribution is 2.26. The van der Waals surface area contributed by atoms with Crippen LogP contribution >= 0.6 is 0 Å². The number of carboxylic acid groups (broad SMARTS) is 1. The van der Waals surface area contributed by atoms with Crippen LogP contribution in [0.5, 0.6) is 5.75 Å². The van der Waals surface area contributed by atoms with Gasteiger partial charge in [-0.25, -0.2) is 0 Å². The third-order valence-corrected chi connectivity index (χ3v) is 16.7. The van der Waals surface area contributed by atoms with E-state index >= 15 is 0 Å². The summed E-state index contributed by atoms with van der Waals surface area (Å²) in [6.07, 6.45) is 1.02. The number of benzene rings is 1. The molecule has 25 heteroatoms. The normalized spacial score (nSPS) is 27.1. The molecule has 0 aromatic heterocycles. The van der Waals surface area contributed by atoms with Crippen molar-refractivity contribution < 1.29 is 67.4 Å². The Balaban J connectivity index is 2.25. The maximum absolute atomic E-state index is 15.0. The quantitative estimate of drug-likeness (QED) is 0.173. The highest BCUT2D eigenvalue weighted by molar-refractivity contribution is 6.00. The van der Waals surface area contributed by atoms with E-state index in [4.69, 9.17) is 4.74 Å². The molecule has 12 atom stereocenters. The van der Waals surface area contributed by atoms with Gasteiger partial charge < -0.3 is 65.8 Å². The topological polar surface area (TPSA) is 314 Å². The summed E-state index contributed by atoms with van der Waals surface area (Å²) in [5.41, 5.74) is 0.596. The van der Waals surface area contributed by atoms with Gasteiger partial charge in [-0.1, -0.05) is 94.2 Å². The number of carboxylic acids is 1. The molecule has 0 bridgehead atoms. The Kier molecular flexibility index (Phi) is 27.3. The lowest BCUT2D eigenvalue weighted by molar-refractivity contribution is -0.157. The molecule has 0 unspecified atom stereocenters. The number of ether oxygens (including phenoxy) is 1. The standard InChI is InChI=1S/C60H97N11O14/c1-19-35(9)49-53(77)61-31-44(72)67(14)47(33(5)6)54(78)64-41(29-39-24-26-40(85-18)27-25-39)52(76)62-37(11)51(75)63-38(12)56(80)71-28-22-21-23-42(71)57(81)68(15)48(34(7)8)55(79)65-46(32(3)4)59(83)66(13)43(30-45(73)74)58(82)70(17)50(36(10)20-2)60(84)69(49)16/h24-27,32-38,41-43,46-50H,19-23,28-31H2,1-18H3,(H,61,77)(H,62,76)(H,63,75)(H,64,78)(H,65,79)(H,73,74)/t35-,36-,37+,38-,41-,42-,43-,46-,47-,48-,49-,50-/m0/s1. The summed E-state index contributed by atoms with van der Waals surface area (Å²) < 4.78 is 5.31. The van der Waals surface area contributed by atoms with Gasteiger partial charge in [-0.05, 0) is 80.4 Å². The van der Waals surface area contributed by atoms with Crippen molar-refractivity contribution in [2.24, 2.45) is 29.6 Å². The predicted octanol–water partition coefficient (Wildman–Crippen LogP) is 1.40. The van der Waals surface area contributed by atoms with Gasteiger partial charge >= 0.3 is 5.97 Å². The van der Waals surface area contributed by atoms with Crippen LogP contribution in [0.25, 0.3) is 0 Å². The van der Waals surface area contributed by atoms with Crippen LogP contribution < -0.4 is 31.3 Å². The molecule has 0 aliphatic carbocycles. The fraction of sp³-hybridized carbons (Fsp3) is 0.700. The first-order chi connectivity index (χ1) is 39.7. The Bertz CT molecular complexity index is 2560. The molecule has 2 saturated heterocycles. The van der Waals surface area contributed by atoms with Crippen LogP contribution in [-0.2, 0) is 64.0 Å². The summed E-state index contributed by atoms with van der Waals surface area (Å²) in [4.78, 5) is 179. The summed E-state index contributed by atoms with van der Waals surface area (Å²) in [5.74, 6) is -11.9. The molecule has 6 N–H and O–H groups in total. The smallest absolute Gasteiger partial charge is 0.305 e. The van der Waals surface area contributed by atoms with E-state index in [-0.39, 0.29) is 19.4 Å². The van der Waals surface area contributed by atoms with E-state index in [0.29, 0.717) is 37.0 Å². The molecule has 476 valence electrons. The number of hydrogen-bond acceptors (Lipinski definition) is 13. The molecule has 25 nitrogen and oxygen atoms in total. The Morgan fingerprint density at radius 2 is 1.08 bits per heavy atom. The number of carbonyl (C=O) groups excluding carboxylic acids is 11. The van der Waals surface area contributed by atoms with Gasteiger partial charge in [-0.15, -0.1) is 0 Å². The van der Waals surface area contributed by atoms with Crippen LogP contribution in [0.4, 0.5) is 0 Å². The third kappa shape index (κ3) is 18.3. The minimum absolute atomic E-state index is 0.0804. The molecule has 2 heterocycles. The summed E-state index contributed by atoms with van der Waals surface area (Å²) in [6.45, 7) is 19.4. The monoisotopic (exact) mass is 1200 g/mol. The van der Waals surface area contributed by atoms with Crippen molar-refractivity contribution >= 4 is 70.9 Å². The molecule has 85 heavy (non-hydrogen) atoms. The molecule has 11 amide bonds. The number of nitrogens with zero attached hydrogens (tertiary/aromatic N) is 6. The zero-order chi connectivity index (χ0) is 64.6. The lowest BCUT2D eigenvalue weighted by atomic mass is 9.92. The zero-order valence-corrected chi connectivity index (χ0v) is 53.3. The molecule has 0 spiro atoms. The molecule has 2 aliphatic rings. The number of amides is 11. The molecule has 1 aromatic carbocycles. The van der Waals surface area contributed by atoms with Crippen molar-refractivity contribution in [3.05, 3.63) is 29.8 Å². The van der Waals surface area contributed by atoms with Gasteiger partial charge in [0.2, 0.25) is 65.0 Å². The summed E-state index contributed by atoms with van der Waals surface area (Å²) in [7, 11) is 8.21. The Morgan fingerprint density at radius 1 is 0.565 bits per heavy atom. The van der Waals surface area contributed by atoms with Crippen LogP contribution in [0.15, 0.2) is 24.3 Å². The van der Waals surface area contributed by atoms with Crippen molar-refractivity contribution in [2.45, 2.75) is 188 Å². The molecule has 2 aliphatic heterocycles. The largest absolute Gasteiger partial charge is 0.497 e. The number of rotatable bonds is 12. The Hall–Kier alpha value is -7.34. The average Bonchev–Trinajstić information content (AvgIpc) is 3.65. The number of aliphatic carboxylic acids is 1. The van der Waals surface area contributed by atoms with Crippen LogP contribution in [0, 0.1) is 29.6 Å². The number of methoxy groups -OCH3 is 1. The molecule has 2 fully saturated rings. The van der Waals surface area contributed by atoms with Crippen molar-refractivity contribution in [2.75, 3.05) is 55.4 Å². The van der Waals surface area contributed by atoms with Gasteiger partial charge in [-0.3, -0.25) is 57.5 Å². The first-order valence-corrected chi connectivity index (χ1v) is 29.7. The first-order valence-electron chi connectivity index (χ1n) is 29.7. The van der Waals surface area contributed by atoms with Crippen molar-refractivity contribution in [3.63, 3.8) is 0 Å². The van der Waals surface area contributed by atoms with E-state index in [1.54, 1.807) is 93.5 Å². The Morgan fingerprint density at radius 3 is 1.61 bits per heavy atom. The van der Waals surface area contributed by atoms with E-state index in [0.717, 1.165) is 14.7 Å². The summed E-state index contributed by atoms with van der Waals surface area (Å²) >= 11 is 0. The van der Waals surface area contributed by atoms with Gasteiger partial charge in [-0.2, -0.15) is 0 Å². The van der Waals surface area contributed by atoms with Crippen LogP contribution in [0.2, 0.25) is 0 Å². The van der Waals surface area contributed by atoms with E-state index in [1.807, 2.05) is 0 Å². The molecular weight excluding hydrogens is 1100 g/mol. The second-order valence-corrected chi connectivity index (χ2v) is 24.0. The third-order valence-electron chi connectivity index (χ3n) is 16.7. The van der Waals surface area contributed by atoms with Gasteiger partial charge in [0.15, 0.2) is 0 Å². The fourth-order valence-corrected chi connectivity index (χ4v) is 11.2. The maximum atomic E-state index is 15.0. The first kappa shape index (κ1) is 71.9. The van der Waals surface area contributed by atoms with Gasteiger partial charge in [0, 0.05) is 48.2 Å². The second kappa shape index (κ2) is 32.2. The van der Waals surface area contributed by atoms with E-state index in [1.165, 1.54) is 70.9 Å². The van der Waals surface area contributed by atoms with Crippen LogP contribution in [0.3, 0.4) is 0 Å².